The first-order chi connectivity index (χ1) is 9.54. The lowest BCUT2D eigenvalue weighted by atomic mass is 9.94. The third-order valence-electron chi connectivity index (χ3n) is 4.41. The fraction of sp³-hybridized carbons (Fsp3) is 0.857. The van der Waals surface area contributed by atoms with E-state index in [0.29, 0.717) is 6.54 Å². The van der Waals surface area contributed by atoms with Crippen molar-refractivity contribution >= 4 is 12.0 Å². The number of β-amino-alcohol motifs (C(OH)–C–C–N with tert-alkyl or cyclic N) is 1. The normalized spacial score (nSPS) is 27.6. The van der Waals surface area contributed by atoms with E-state index in [-0.39, 0.29) is 25.0 Å². The van der Waals surface area contributed by atoms with Gasteiger partial charge < -0.3 is 20.0 Å². The van der Waals surface area contributed by atoms with Gasteiger partial charge in [-0.3, -0.25) is 0 Å². The van der Waals surface area contributed by atoms with E-state index in [0.717, 1.165) is 25.7 Å². The van der Waals surface area contributed by atoms with Crippen LogP contribution in [0.3, 0.4) is 0 Å². The molecule has 2 N–H and O–H groups in total. The predicted octanol–water partition coefficient (Wildman–Crippen LogP) is 1.28. The van der Waals surface area contributed by atoms with Crippen molar-refractivity contribution in [1.82, 2.24) is 9.80 Å². The number of urea groups is 1. The predicted molar refractivity (Wildman–Crippen MR) is 73.4 cm³/mol. The van der Waals surface area contributed by atoms with Crippen molar-refractivity contribution in [1.29, 1.82) is 0 Å². The standard InChI is InChI=1S/C14H24N2O4/c1-2-15(10-6-4-3-5-7-10)14(20)16-9-11(17)8-12(16)13(18)19/h10-12,17H,2-9H2,1H3,(H,18,19)/t11-,12-/m0/s1. The summed E-state index contributed by atoms with van der Waals surface area (Å²) in [5.41, 5.74) is 0. The van der Waals surface area contributed by atoms with Crippen molar-refractivity contribution in [3.63, 3.8) is 0 Å². The van der Waals surface area contributed by atoms with Crippen LogP contribution >= 0.6 is 0 Å². The number of carboxylic acid groups (broad SMARTS) is 1. The van der Waals surface area contributed by atoms with Crippen LogP contribution in [-0.4, -0.2) is 63.3 Å². The zero-order valence-corrected chi connectivity index (χ0v) is 12.0. The Labute approximate surface area is 119 Å². The monoisotopic (exact) mass is 284 g/mol. The Kier molecular flexibility index (Phi) is 4.86. The van der Waals surface area contributed by atoms with E-state index in [1.54, 1.807) is 4.90 Å². The molecule has 1 aliphatic heterocycles. The molecule has 2 aliphatic rings. The molecule has 20 heavy (non-hydrogen) atoms. The van der Waals surface area contributed by atoms with Crippen LogP contribution in [0.25, 0.3) is 0 Å². The van der Waals surface area contributed by atoms with Gasteiger partial charge >= 0.3 is 12.0 Å². The van der Waals surface area contributed by atoms with Crippen molar-refractivity contribution in [3.8, 4) is 0 Å². The Morgan fingerprint density at radius 3 is 2.45 bits per heavy atom. The molecule has 6 nitrogen and oxygen atoms in total. The quantitative estimate of drug-likeness (QED) is 0.818. The average molecular weight is 284 g/mol. The van der Waals surface area contributed by atoms with E-state index >= 15 is 0 Å². The number of carbonyl (C=O) groups is 2. The van der Waals surface area contributed by atoms with Crippen molar-refractivity contribution in [2.24, 2.45) is 0 Å². The molecule has 1 aliphatic carbocycles. The molecule has 6 heteroatoms. The molecule has 0 bridgehead atoms. The molecule has 1 saturated heterocycles. The van der Waals surface area contributed by atoms with Crippen molar-refractivity contribution in [2.45, 2.75) is 63.6 Å². The van der Waals surface area contributed by atoms with Gasteiger partial charge in [0.05, 0.1) is 6.10 Å². The van der Waals surface area contributed by atoms with Gasteiger partial charge in [-0.25, -0.2) is 9.59 Å². The van der Waals surface area contributed by atoms with Crippen LogP contribution < -0.4 is 0 Å². The average Bonchev–Trinajstić information content (AvgIpc) is 2.83. The summed E-state index contributed by atoms with van der Waals surface area (Å²) in [7, 11) is 0. The second-order valence-electron chi connectivity index (χ2n) is 5.76. The summed E-state index contributed by atoms with van der Waals surface area (Å²) in [4.78, 5) is 26.9. The van der Waals surface area contributed by atoms with Crippen molar-refractivity contribution < 1.29 is 19.8 Å². The van der Waals surface area contributed by atoms with Gasteiger partial charge in [0.15, 0.2) is 0 Å². The molecular formula is C14H24N2O4. The molecule has 0 aromatic carbocycles. The van der Waals surface area contributed by atoms with Crippen LogP contribution in [0.1, 0.15) is 45.4 Å². The fourth-order valence-electron chi connectivity index (χ4n) is 3.37. The van der Waals surface area contributed by atoms with Gasteiger partial charge in [-0.1, -0.05) is 19.3 Å². The first-order valence-corrected chi connectivity index (χ1v) is 7.52. The van der Waals surface area contributed by atoms with E-state index in [9.17, 15) is 19.8 Å². The van der Waals surface area contributed by atoms with E-state index in [2.05, 4.69) is 0 Å². The molecule has 2 fully saturated rings. The van der Waals surface area contributed by atoms with Crippen LogP contribution in [0.15, 0.2) is 0 Å². The topological polar surface area (TPSA) is 81.1 Å². The van der Waals surface area contributed by atoms with Gasteiger partial charge in [0.25, 0.3) is 0 Å². The Morgan fingerprint density at radius 1 is 1.25 bits per heavy atom. The number of carbonyl (C=O) groups excluding carboxylic acids is 1. The number of hydrogen-bond acceptors (Lipinski definition) is 3. The Hall–Kier alpha value is -1.30. The summed E-state index contributed by atoms with van der Waals surface area (Å²) in [5.74, 6) is -1.03. The van der Waals surface area contributed by atoms with Crippen LogP contribution in [-0.2, 0) is 4.79 Å². The second-order valence-corrected chi connectivity index (χ2v) is 5.76. The lowest BCUT2D eigenvalue weighted by Gasteiger charge is -2.37. The number of amides is 2. The van der Waals surface area contributed by atoms with E-state index < -0.39 is 18.1 Å². The van der Waals surface area contributed by atoms with Gasteiger partial charge in [0.1, 0.15) is 6.04 Å². The number of aliphatic hydroxyl groups excluding tert-OH is 1. The van der Waals surface area contributed by atoms with Crippen LogP contribution in [0.2, 0.25) is 0 Å². The van der Waals surface area contributed by atoms with Gasteiger partial charge in [0, 0.05) is 25.6 Å². The molecular weight excluding hydrogens is 260 g/mol. The molecule has 0 spiro atoms. The minimum absolute atomic E-state index is 0.124. The Morgan fingerprint density at radius 2 is 1.90 bits per heavy atom. The summed E-state index contributed by atoms with van der Waals surface area (Å²) in [6.45, 7) is 2.64. The highest BCUT2D eigenvalue weighted by molar-refractivity contribution is 5.83. The van der Waals surface area contributed by atoms with Gasteiger partial charge in [0.2, 0.25) is 0 Å². The van der Waals surface area contributed by atoms with E-state index in [1.165, 1.54) is 11.3 Å². The number of carboxylic acids is 1. The summed E-state index contributed by atoms with van der Waals surface area (Å²) in [6, 6.07) is -0.910. The summed E-state index contributed by atoms with van der Waals surface area (Å²) < 4.78 is 0. The van der Waals surface area contributed by atoms with Crippen molar-refractivity contribution in [3.05, 3.63) is 0 Å². The van der Waals surface area contributed by atoms with Crippen LogP contribution in [0, 0.1) is 0 Å². The zero-order valence-electron chi connectivity index (χ0n) is 12.0. The molecule has 0 radical (unpaired) electrons. The highest BCUT2D eigenvalue weighted by Crippen LogP contribution is 2.26. The SMILES string of the molecule is CCN(C(=O)N1C[C@@H](O)C[C@H]1C(=O)O)C1CCCCC1. The number of aliphatic hydroxyl groups is 1. The first-order valence-electron chi connectivity index (χ1n) is 7.52. The highest BCUT2D eigenvalue weighted by atomic mass is 16.4. The molecule has 114 valence electrons. The summed E-state index contributed by atoms with van der Waals surface area (Å²) >= 11 is 0. The third kappa shape index (κ3) is 3.06. The Bertz CT molecular complexity index is 368. The van der Waals surface area contributed by atoms with Crippen molar-refractivity contribution in [2.75, 3.05) is 13.1 Å². The number of likely N-dealkylation sites (tertiary alicyclic amines) is 1. The minimum atomic E-state index is -1.03. The third-order valence-corrected chi connectivity index (χ3v) is 4.41. The second kappa shape index (κ2) is 6.43. The summed E-state index contributed by atoms with van der Waals surface area (Å²) in [6.07, 6.45) is 4.84. The van der Waals surface area contributed by atoms with Gasteiger partial charge in [-0.2, -0.15) is 0 Å². The van der Waals surface area contributed by atoms with Crippen LogP contribution in [0.5, 0.6) is 0 Å². The highest BCUT2D eigenvalue weighted by Gasteiger charge is 2.41. The van der Waals surface area contributed by atoms with E-state index in [1.807, 2.05) is 6.92 Å². The smallest absolute Gasteiger partial charge is 0.326 e. The first kappa shape index (κ1) is 15.1. The molecule has 1 heterocycles. The maximum atomic E-state index is 12.6. The van der Waals surface area contributed by atoms with E-state index in [4.69, 9.17) is 0 Å². The minimum Gasteiger partial charge on any atom is -0.480 e. The number of rotatable bonds is 3. The van der Waals surface area contributed by atoms with Crippen LogP contribution in [0.4, 0.5) is 4.79 Å². The molecule has 0 aromatic heterocycles. The number of aliphatic carboxylic acids is 1. The molecule has 0 unspecified atom stereocenters. The molecule has 0 aromatic rings. The molecule has 1 saturated carbocycles. The lowest BCUT2D eigenvalue weighted by molar-refractivity contribution is -0.141. The fourth-order valence-corrected chi connectivity index (χ4v) is 3.37. The summed E-state index contributed by atoms with van der Waals surface area (Å²) in [5, 5.41) is 18.8. The van der Waals surface area contributed by atoms with Gasteiger partial charge in [-0.15, -0.1) is 0 Å². The maximum Gasteiger partial charge on any atom is 0.326 e. The number of hydrogen-bond donors (Lipinski definition) is 2. The lowest BCUT2D eigenvalue weighted by Crippen LogP contribution is -2.52. The van der Waals surface area contributed by atoms with Gasteiger partial charge in [-0.05, 0) is 19.8 Å². The number of nitrogens with zero attached hydrogens (tertiary/aromatic N) is 2. The largest absolute Gasteiger partial charge is 0.480 e. The molecule has 2 rings (SSSR count). The molecule has 2 atom stereocenters. The Balaban J connectivity index is 2.08. The zero-order chi connectivity index (χ0) is 14.7. The molecule has 2 amide bonds. The maximum absolute atomic E-state index is 12.6.